The Morgan fingerprint density at radius 1 is 1.00 bits per heavy atom. The van der Waals surface area contributed by atoms with Gasteiger partial charge >= 0.3 is 0 Å². The third kappa shape index (κ3) is 9.92. The van der Waals surface area contributed by atoms with E-state index >= 15 is 0 Å². The van der Waals surface area contributed by atoms with Gasteiger partial charge in [-0.2, -0.15) is 0 Å². The van der Waals surface area contributed by atoms with E-state index in [4.69, 9.17) is 9.47 Å². The molecule has 0 aromatic rings. The van der Waals surface area contributed by atoms with Crippen molar-refractivity contribution in [2.24, 2.45) is 0 Å². The molecular weight excluding hydrogens is 140 g/mol. The van der Waals surface area contributed by atoms with Gasteiger partial charge in [0, 0.05) is 26.4 Å². The first kappa shape index (κ1) is 10.9. The summed E-state index contributed by atoms with van der Waals surface area (Å²) in [6.45, 7) is 8.76. The molecule has 0 aromatic carbocycles. The van der Waals surface area contributed by atoms with E-state index in [0.717, 1.165) is 32.7 Å². The van der Waals surface area contributed by atoms with Crippen molar-refractivity contribution in [3.8, 4) is 0 Å². The van der Waals surface area contributed by atoms with E-state index in [1.54, 1.807) is 0 Å². The monoisotopic (exact) mass is 159 g/mol. The van der Waals surface area contributed by atoms with Gasteiger partial charge in [0.05, 0.1) is 0 Å². The summed E-state index contributed by atoms with van der Waals surface area (Å²) in [7, 11) is 0. The SMILES string of the molecule is [CH2]COCCCCCOCC. The maximum absolute atomic E-state index is 5.19. The summed E-state index contributed by atoms with van der Waals surface area (Å²) in [5.74, 6) is 0. The van der Waals surface area contributed by atoms with Gasteiger partial charge in [-0.15, -0.1) is 0 Å². The van der Waals surface area contributed by atoms with Crippen LogP contribution in [0.15, 0.2) is 0 Å². The molecule has 0 aromatic heterocycles. The minimum Gasteiger partial charge on any atom is -0.382 e. The molecule has 0 atom stereocenters. The first-order valence-corrected chi connectivity index (χ1v) is 4.36. The Bertz CT molecular complexity index is 56.6. The van der Waals surface area contributed by atoms with Crippen LogP contribution >= 0.6 is 0 Å². The van der Waals surface area contributed by atoms with Gasteiger partial charge in [-0.1, -0.05) is 0 Å². The molecule has 0 fully saturated rings. The lowest BCUT2D eigenvalue weighted by molar-refractivity contribution is 0.131. The molecule has 0 amide bonds. The van der Waals surface area contributed by atoms with Crippen molar-refractivity contribution >= 4 is 0 Å². The molecule has 0 rings (SSSR count). The minimum atomic E-state index is 0.589. The van der Waals surface area contributed by atoms with Crippen LogP contribution in [0.4, 0.5) is 0 Å². The fourth-order valence-electron chi connectivity index (χ4n) is 0.831. The fraction of sp³-hybridized carbons (Fsp3) is 0.889. The first-order valence-electron chi connectivity index (χ1n) is 4.36. The summed E-state index contributed by atoms with van der Waals surface area (Å²) in [6.07, 6.45) is 3.47. The lowest BCUT2D eigenvalue weighted by atomic mass is 10.2. The maximum atomic E-state index is 5.19. The summed E-state index contributed by atoms with van der Waals surface area (Å²) >= 11 is 0. The molecule has 0 N–H and O–H groups in total. The van der Waals surface area contributed by atoms with Gasteiger partial charge in [-0.25, -0.2) is 0 Å². The van der Waals surface area contributed by atoms with Crippen molar-refractivity contribution in [3.05, 3.63) is 6.92 Å². The number of hydrogen-bond donors (Lipinski definition) is 0. The highest BCUT2D eigenvalue weighted by molar-refractivity contribution is 4.40. The van der Waals surface area contributed by atoms with Crippen LogP contribution in [-0.2, 0) is 9.47 Å². The van der Waals surface area contributed by atoms with E-state index in [-0.39, 0.29) is 0 Å². The second-order valence-corrected chi connectivity index (χ2v) is 2.37. The summed E-state index contributed by atoms with van der Waals surface area (Å²) in [5.41, 5.74) is 0. The Labute approximate surface area is 69.9 Å². The van der Waals surface area contributed by atoms with Crippen LogP contribution < -0.4 is 0 Å². The molecule has 1 radical (unpaired) electrons. The zero-order valence-corrected chi connectivity index (χ0v) is 7.47. The highest BCUT2D eigenvalue weighted by Gasteiger charge is 1.88. The number of unbranched alkanes of at least 4 members (excludes halogenated alkanes) is 2. The largest absolute Gasteiger partial charge is 0.382 e. The quantitative estimate of drug-likeness (QED) is 0.505. The summed E-state index contributed by atoms with van der Waals surface area (Å²) < 4.78 is 10.3. The topological polar surface area (TPSA) is 18.5 Å². The lowest BCUT2D eigenvalue weighted by Crippen LogP contribution is -1.96. The molecule has 0 bridgehead atoms. The zero-order chi connectivity index (χ0) is 8.36. The molecule has 0 heterocycles. The molecule has 0 saturated carbocycles. The van der Waals surface area contributed by atoms with Crippen molar-refractivity contribution < 1.29 is 9.47 Å². The van der Waals surface area contributed by atoms with Crippen LogP contribution in [0.5, 0.6) is 0 Å². The van der Waals surface area contributed by atoms with Crippen molar-refractivity contribution in [2.75, 3.05) is 26.4 Å². The minimum absolute atomic E-state index is 0.589. The van der Waals surface area contributed by atoms with E-state index in [0.29, 0.717) is 6.61 Å². The van der Waals surface area contributed by atoms with Crippen molar-refractivity contribution in [1.29, 1.82) is 0 Å². The second-order valence-electron chi connectivity index (χ2n) is 2.37. The Morgan fingerprint density at radius 2 is 1.64 bits per heavy atom. The third-order valence-electron chi connectivity index (χ3n) is 1.43. The molecule has 0 aliphatic rings. The summed E-state index contributed by atoms with van der Waals surface area (Å²) in [6, 6.07) is 0. The van der Waals surface area contributed by atoms with Gasteiger partial charge < -0.3 is 9.47 Å². The number of rotatable bonds is 8. The lowest BCUT2D eigenvalue weighted by Gasteiger charge is -2.01. The predicted molar refractivity (Wildman–Crippen MR) is 46.5 cm³/mol. The van der Waals surface area contributed by atoms with E-state index in [1.807, 2.05) is 6.92 Å². The van der Waals surface area contributed by atoms with Gasteiger partial charge in [0.2, 0.25) is 0 Å². The van der Waals surface area contributed by atoms with Crippen molar-refractivity contribution in [1.82, 2.24) is 0 Å². The van der Waals surface area contributed by atoms with Crippen LogP contribution in [-0.4, -0.2) is 26.4 Å². The summed E-state index contributed by atoms with van der Waals surface area (Å²) in [4.78, 5) is 0. The summed E-state index contributed by atoms with van der Waals surface area (Å²) in [5, 5.41) is 0. The van der Waals surface area contributed by atoms with E-state index in [2.05, 4.69) is 6.92 Å². The van der Waals surface area contributed by atoms with E-state index < -0.39 is 0 Å². The standard InChI is InChI=1S/C9H19O2/c1-3-10-8-6-5-7-9-11-4-2/h1,3-9H2,2H3. The third-order valence-corrected chi connectivity index (χ3v) is 1.43. The van der Waals surface area contributed by atoms with E-state index in [1.165, 1.54) is 6.42 Å². The highest BCUT2D eigenvalue weighted by Crippen LogP contribution is 1.95. The molecule has 67 valence electrons. The molecule has 2 heteroatoms. The average Bonchev–Trinajstić information content (AvgIpc) is 2.03. The predicted octanol–water partition coefficient (Wildman–Crippen LogP) is 2.04. The van der Waals surface area contributed by atoms with Gasteiger partial charge in [-0.3, -0.25) is 0 Å². The van der Waals surface area contributed by atoms with Gasteiger partial charge in [0.25, 0.3) is 0 Å². The Kier molecular flexibility index (Phi) is 9.85. The van der Waals surface area contributed by atoms with Crippen LogP contribution in [0.3, 0.4) is 0 Å². The Hall–Kier alpha value is -0.0800. The average molecular weight is 159 g/mol. The molecule has 0 aliphatic heterocycles. The molecule has 11 heavy (non-hydrogen) atoms. The van der Waals surface area contributed by atoms with E-state index in [9.17, 15) is 0 Å². The van der Waals surface area contributed by atoms with Gasteiger partial charge in [0.15, 0.2) is 0 Å². The van der Waals surface area contributed by atoms with Crippen LogP contribution in [0, 0.1) is 6.92 Å². The second kappa shape index (κ2) is 9.92. The molecular formula is C9H19O2. The molecule has 0 saturated heterocycles. The maximum Gasteiger partial charge on any atom is 0.0466 e. The smallest absolute Gasteiger partial charge is 0.0466 e. The number of ether oxygens (including phenoxy) is 2. The van der Waals surface area contributed by atoms with Crippen LogP contribution in [0.25, 0.3) is 0 Å². The van der Waals surface area contributed by atoms with Gasteiger partial charge in [-0.05, 0) is 33.1 Å². The van der Waals surface area contributed by atoms with Crippen LogP contribution in [0.1, 0.15) is 26.2 Å². The van der Waals surface area contributed by atoms with Crippen LogP contribution in [0.2, 0.25) is 0 Å². The highest BCUT2D eigenvalue weighted by atomic mass is 16.5. The molecule has 0 unspecified atom stereocenters. The Morgan fingerprint density at radius 3 is 2.18 bits per heavy atom. The van der Waals surface area contributed by atoms with Crippen molar-refractivity contribution in [3.63, 3.8) is 0 Å². The molecule has 0 aliphatic carbocycles. The molecule has 0 spiro atoms. The Balaban J connectivity index is 2.69. The number of hydrogen-bond acceptors (Lipinski definition) is 2. The van der Waals surface area contributed by atoms with Crippen molar-refractivity contribution in [2.45, 2.75) is 26.2 Å². The fourth-order valence-corrected chi connectivity index (χ4v) is 0.831. The zero-order valence-electron chi connectivity index (χ0n) is 7.47. The first-order chi connectivity index (χ1) is 5.41. The van der Waals surface area contributed by atoms with Gasteiger partial charge in [0.1, 0.15) is 0 Å². The molecule has 2 nitrogen and oxygen atoms in total. The normalized spacial score (nSPS) is 10.4.